The molecule has 0 aliphatic heterocycles. The van der Waals surface area contributed by atoms with Crippen LogP contribution in [0.3, 0.4) is 0 Å². The van der Waals surface area contributed by atoms with E-state index in [1.165, 1.54) is 12.1 Å². The number of nitrogens with one attached hydrogen (secondary N) is 2. The van der Waals surface area contributed by atoms with Gasteiger partial charge in [0.05, 0.1) is 17.7 Å². The van der Waals surface area contributed by atoms with Crippen LogP contribution < -0.4 is 10.7 Å². The lowest BCUT2D eigenvalue weighted by molar-refractivity contribution is -0.384. The van der Waals surface area contributed by atoms with Crippen LogP contribution in [0.4, 0.5) is 11.4 Å². The fourth-order valence-electron chi connectivity index (χ4n) is 3.86. The van der Waals surface area contributed by atoms with Gasteiger partial charge in [-0.2, -0.15) is 5.10 Å². The van der Waals surface area contributed by atoms with Crippen LogP contribution in [0.2, 0.25) is 0 Å². The van der Waals surface area contributed by atoms with Crippen molar-refractivity contribution in [1.82, 2.24) is 9.99 Å². The zero-order chi connectivity index (χ0) is 25.7. The highest BCUT2D eigenvalue weighted by Gasteiger charge is 2.11. The van der Waals surface area contributed by atoms with Crippen LogP contribution in [0.15, 0.2) is 88.4 Å². The predicted molar refractivity (Wildman–Crippen MR) is 146 cm³/mol. The number of hydrogen-bond donors (Lipinski definition) is 2. The molecule has 1 aromatic heterocycles. The molecule has 0 spiro atoms. The summed E-state index contributed by atoms with van der Waals surface area (Å²) in [6, 6.07) is 24.1. The number of benzene rings is 3. The Morgan fingerprint density at radius 3 is 2.22 bits per heavy atom. The lowest BCUT2D eigenvalue weighted by Crippen LogP contribution is -2.25. The molecule has 1 heterocycles. The zero-order valence-electron chi connectivity index (χ0n) is 19.7. The van der Waals surface area contributed by atoms with Gasteiger partial charge >= 0.3 is 0 Å². The first-order chi connectivity index (χ1) is 17.3. The number of carbonyl (C=O) groups is 1. The van der Waals surface area contributed by atoms with Crippen molar-refractivity contribution in [3.05, 3.63) is 110 Å². The number of halogens is 1. The quantitative estimate of drug-likeness (QED) is 0.161. The molecule has 2 N–H and O–H groups in total. The summed E-state index contributed by atoms with van der Waals surface area (Å²) >= 11 is 3.38. The average molecular weight is 546 g/mol. The van der Waals surface area contributed by atoms with Crippen molar-refractivity contribution < 1.29 is 9.72 Å². The number of carbonyl (C=O) groups excluding carboxylic acids is 1. The molecule has 0 radical (unpaired) electrons. The Morgan fingerprint density at radius 1 is 1.00 bits per heavy atom. The first kappa shape index (κ1) is 24.9. The number of hydrogen-bond acceptors (Lipinski definition) is 5. The molecule has 0 saturated heterocycles. The second kappa shape index (κ2) is 11.0. The van der Waals surface area contributed by atoms with Gasteiger partial charge in [-0.3, -0.25) is 14.9 Å². The largest absolute Gasteiger partial charge is 0.376 e. The molecular formula is C27H24BrN5O3. The van der Waals surface area contributed by atoms with Crippen LogP contribution in [0.5, 0.6) is 0 Å². The molecule has 4 aromatic rings. The topological polar surface area (TPSA) is 102 Å². The van der Waals surface area contributed by atoms with Gasteiger partial charge in [-0.05, 0) is 79.6 Å². The molecule has 0 aliphatic rings. The van der Waals surface area contributed by atoms with Crippen molar-refractivity contribution in [2.24, 2.45) is 5.10 Å². The summed E-state index contributed by atoms with van der Waals surface area (Å²) in [5, 5.41) is 18.0. The minimum absolute atomic E-state index is 0.0696. The molecule has 36 heavy (non-hydrogen) atoms. The second-order valence-corrected chi connectivity index (χ2v) is 9.08. The lowest BCUT2D eigenvalue weighted by Gasteiger charge is -2.11. The summed E-state index contributed by atoms with van der Waals surface area (Å²) in [6.45, 7) is 4.11. The van der Waals surface area contributed by atoms with Crippen LogP contribution in [-0.4, -0.2) is 28.2 Å². The van der Waals surface area contributed by atoms with E-state index < -0.39 is 4.92 Å². The molecule has 3 aromatic carbocycles. The Bertz CT molecular complexity index is 1410. The Morgan fingerprint density at radius 2 is 1.61 bits per heavy atom. The van der Waals surface area contributed by atoms with E-state index in [-0.39, 0.29) is 18.1 Å². The molecule has 0 fully saturated rings. The summed E-state index contributed by atoms with van der Waals surface area (Å²) in [4.78, 5) is 22.6. The molecule has 0 unspecified atom stereocenters. The fraction of sp³-hybridized carbons (Fsp3) is 0.111. The smallest absolute Gasteiger partial charge is 0.269 e. The number of nitro benzene ring substituents is 1. The normalized spacial score (nSPS) is 11.0. The number of aryl methyl sites for hydroxylation is 1. The molecule has 0 saturated carbocycles. The molecule has 182 valence electrons. The third kappa shape index (κ3) is 5.87. The van der Waals surface area contributed by atoms with E-state index in [1.54, 1.807) is 18.3 Å². The molecule has 0 bridgehead atoms. The monoisotopic (exact) mass is 545 g/mol. The van der Waals surface area contributed by atoms with E-state index in [0.717, 1.165) is 43.9 Å². The van der Waals surface area contributed by atoms with E-state index >= 15 is 0 Å². The van der Waals surface area contributed by atoms with Gasteiger partial charge in [0.2, 0.25) is 0 Å². The summed E-state index contributed by atoms with van der Waals surface area (Å²) < 4.78 is 3.08. The average Bonchev–Trinajstić information content (AvgIpc) is 3.16. The summed E-state index contributed by atoms with van der Waals surface area (Å²) in [5.74, 6) is -0.246. The summed E-state index contributed by atoms with van der Waals surface area (Å²) in [7, 11) is 0. The number of nitro groups is 1. The van der Waals surface area contributed by atoms with Crippen molar-refractivity contribution in [2.75, 3.05) is 11.9 Å². The van der Waals surface area contributed by atoms with Crippen molar-refractivity contribution in [3.63, 3.8) is 0 Å². The minimum Gasteiger partial charge on any atom is -0.376 e. The first-order valence-electron chi connectivity index (χ1n) is 11.2. The zero-order valence-corrected chi connectivity index (χ0v) is 21.3. The van der Waals surface area contributed by atoms with Gasteiger partial charge in [-0.25, -0.2) is 5.43 Å². The van der Waals surface area contributed by atoms with Crippen LogP contribution in [0, 0.1) is 24.0 Å². The maximum atomic E-state index is 12.1. The maximum Gasteiger partial charge on any atom is 0.269 e. The molecule has 0 aliphatic carbocycles. The van der Waals surface area contributed by atoms with Crippen LogP contribution in [0.25, 0.3) is 16.8 Å². The number of rotatable bonds is 8. The highest BCUT2D eigenvalue weighted by Crippen LogP contribution is 2.26. The molecule has 9 heteroatoms. The van der Waals surface area contributed by atoms with Crippen molar-refractivity contribution in [3.8, 4) is 16.8 Å². The van der Waals surface area contributed by atoms with E-state index in [0.29, 0.717) is 0 Å². The van der Waals surface area contributed by atoms with Gasteiger partial charge in [0, 0.05) is 44.9 Å². The van der Waals surface area contributed by atoms with E-state index in [2.05, 4.69) is 36.3 Å². The van der Waals surface area contributed by atoms with Gasteiger partial charge < -0.3 is 9.88 Å². The lowest BCUT2D eigenvalue weighted by atomic mass is 10.0. The van der Waals surface area contributed by atoms with E-state index in [1.807, 2.05) is 68.4 Å². The van der Waals surface area contributed by atoms with Gasteiger partial charge in [0.1, 0.15) is 0 Å². The third-order valence-corrected chi connectivity index (χ3v) is 6.23. The third-order valence-electron chi connectivity index (χ3n) is 5.70. The molecule has 0 atom stereocenters. The second-order valence-electron chi connectivity index (χ2n) is 8.17. The molecule has 1 amide bonds. The number of aromatic nitrogens is 1. The van der Waals surface area contributed by atoms with E-state index in [4.69, 9.17) is 0 Å². The van der Waals surface area contributed by atoms with Crippen molar-refractivity contribution in [2.45, 2.75) is 13.8 Å². The summed E-state index contributed by atoms with van der Waals surface area (Å²) in [5.41, 5.74) is 9.24. The Hall–Kier alpha value is -4.24. The first-order valence-corrected chi connectivity index (χ1v) is 12.0. The number of nitrogens with zero attached hydrogens (tertiary/aromatic N) is 3. The summed E-state index contributed by atoms with van der Waals surface area (Å²) in [6.07, 6.45) is 1.64. The predicted octanol–water partition coefficient (Wildman–Crippen LogP) is 5.99. The van der Waals surface area contributed by atoms with Gasteiger partial charge in [0.25, 0.3) is 11.6 Å². The minimum atomic E-state index is -0.405. The highest BCUT2D eigenvalue weighted by atomic mass is 79.9. The number of non-ortho nitro benzene ring substituents is 1. The Labute approximate surface area is 216 Å². The number of anilines is 1. The fourth-order valence-corrected chi connectivity index (χ4v) is 4.12. The van der Waals surface area contributed by atoms with Crippen molar-refractivity contribution >= 4 is 39.4 Å². The number of hydrazone groups is 1. The van der Waals surface area contributed by atoms with Crippen LogP contribution >= 0.6 is 15.9 Å². The van der Waals surface area contributed by atoms with Crippen LogP contribution in [-0.2, 0) is 4.79 Å². The molecule has 8 nitrogen and oxygen atoms in total. The standard InChI is InChI=1S/C27H24BrN5O3/c1-18-15-22(16-30-31-27(34)17-29-24-9-7-23(28)8-10-24)19(2)32(18)25-11-3-20(4-12-25)21-5-13-26(14-6-21)33(35)36/h3-16,29H,17H2,1-2H3,(H,31,34)/b30-16-. The van der Waals surface area contributed by atoms with Gasteiger partial charge in [-0.1, -0.05) is 28.1 Å². The Balaban J connectivity index is 1.41. The maximum absolute atomic E-state index is 12.1. The SMILES string of the molecule is Cc1cc(/C=N\NC(=O)CNc2ccc(Br)cc2)c(C)n1-c1ccc(-c2ccc([N+](=O)[O-])cc2)cc1. The van der Waals surface area contributed by atoms with Gasteiger partial charge in [-0.15, -0.1) is 0 Å². The molecular weight excluding hydrogens is 522 g/mol. The molecule has 4 rings (SSSR count). The van der Waals surface area contributed by atoms with Crippen molar-refractivity contribution in [1.29, 1.82) is 0 Å². The van der Waals surface area contributed by atoms with E-state index in [9.17, 15) is 14.9 Å². The number of amides is 1. The van der Waals surface area contributed by atoms with Crippen LogP contribution in [0.1, 0.15) is 17.0 Å². The van der Waals surface area contributed by atoms with Gasteiger partial charge in [0.15, 0.2) is 0 Å². The highest BCUT2D eigenvalue weighted by molar-refractivity contribution is 9.10. The Kier molecular flexibility index (Phi) is 7.60.